The fourth-order valence-corrected chi connectivity index (χ4v) is 5.28. The first-order valence-electron chi connectivity index (χ1n) is 11.4. The lowest BCUT2D eigenvalue weighted by Gasteiger charge is -2.45. The van der Waals surface area contributed by atoms with Gasteiger partial charge in [0.05, 0.1) is 37.6 Å². The summed E-state index contributed by atoms with van der Waals surface area (Å²) in [7, 11) is 3.10. The lowest BCUT2D eigenvalue weighted by atomic mass is 9.58. The van der Waals surface area contributed by atoms with E-state index < -0.39 is 11.3 Å². The lowest BCUT2D eigenvalue weighted by Crippen LogP contribution is -2.48. The van der Waals surface area contributed by atoms with Crippen LogP contribution < -0.4 is 15.2 Å². The van der Waals surface area contributed by atoms with Gasteiger partial charge in [0.2, 0.25) is 0 Å². The minimum atomic E-state index is -1.69. The van der Waals surface area contributed by atoms with Crippen LogP contribution in [0.1, 0.15) is 17.0 Å². The van der Waals surface area contributed by atoms with Crippen molar-refractivity contribution < 1.29 is 9.47 Å². The van der Waals surface area contributed by atoms with Crippen molar-refractivity contribution in [2.75, 3.05) is 33.9 Å². The number of nitrogens with two attached hydrogens (primary N) is 1. The van der Waals surface area contributed by atoms with Gasteiger partial charge < -0.3 is 15.2 Å². The highest BCUT2D eigenvalue weighted by molar-refractivity contribution is 5.60. The molecule has 2 aliphatic rings. The van der Waals surface area contributed by atoms with Crippen LogP contribution in [0.25, 0.3) is 0 Å². The average Bonchev–Trinajstić information content (AvgIpc) is 2.91. The van der Waals surface area contributed by atoms with Gasteiger partial charge >= 0.3 is 0 Å². The van der Waals surface area contributed by atoms with Crippen molar-refractivity contribution in [2.24, 2.45) is 17.1 Å². The molecule has 2 atom stereocenters. The molecule has 176 valence electrons. The molecule has 0 radical (unpaired) electrons. The maximum absolute atomic E-state index is 10.3. The molecule has 1 aliphatic heterocycles. The predicted molar refractivity (Wildman–Crippen MR) is 131 cm³/mol. The zero-order valence-corrected chi connectivity index (χ0v) is 19.9. The number of fused-ring (bicyclic) bond motifs is 1. The number of rotatable bonds is 6. The van der Waals surface area contributed by atoms with Crippen LogP contribution in [-0.2, 0) is 6.42 Å². The fourth-order valence-electron chi connectivity index (χ4n) is 5.28. The molecule has 7 heteroatoms. The van der Waals surface area contributed by atoms with E-state index in [0.29, 0.717) is 24.6 Å². The summed E-state index contributed by atoms with van der Waals surface area (Å²) < 4.78 is 10.9. The highest BCUT2D eigenvalue weighted by Crippen LogP contribution is 2.54. The van der Waals surface area contributed by atoms with Gasteiger partial charge in [-0.05, 0) is 35.3 Å². The Kier molecular flexibility index (Phi) is 6.78. The molecule has 1 heterocycles. The zero-order valence-electron chi connectivity index (χ0n) is 19.9. The molecule has 7 nitrogen and oxygen atoms in total. The maximum Gasteiger partial charge on any atom is 0.191 e. The number of benzene rings is 2. The first kappa shape index (κ1) is 23.9. The highest BCUT2D eigenvalue weighted by Gasteiger charge is 2.54. The topological polar surface area (TPSA) is 119 Å². The molecule has 2 aromatic rings. The van der Waals surface area contributed by atoms with E-state index in [4.69, 9.17) is 15.2 Å². The molecule has 0 amide bonds. The van der Waals surface area contributed by atoms with Crippen molar-refractivity contribution in [2.45, 2.75) is 12.3 Å². The Morgan fingerprint density at radius 1 is 1.03 bits per heavy atom. The molecule has 0 saturated carbocycles. The van der Waals surface area contributed by atoms with Gasteiger partial charge in [-0.25, -0.2) is 0 Å². The number of methoxy groups -OCH3 is 2. The normalized spacial score (nSPS) is 21.1. The number of hydrogen-bond acceptors (Lipinski definition) is 7. The van der Waals surface area contributed by atoms with Crippen molar-refractivity contribution in [1.29, 1.82) is 15.8 Å². The molecule has 0 fully saturated rings. The Morgan fingerprint density at radius 3 is 2.37 bits per heavy atom. The van der Waals surface area contributed by atoms with E-state index in [2.05, 4.69) is 35.2 Å². The van der Waals surface area contributed by atoms with Crippen molar-refractivity contribution in [1.82, 2.24) is 4.90 Å². The van der Waals surface area contributed by atoms with E-state index >= 15 is 0 Å². The van der Waals surface area contributed by atoms with Crippen molar-refractivity contribution in [3.8, 4) is 29.7 Å². The largest absolute Gasteiger partial charge is 0.493 e. The van der Waals surface area contributed by atoms with Crippen LogP contribution in [-0.4, -0.2) is 38.8 Å². The second-order valence-corrected chi connectivity index (χ2v) is 8.79. The van der Waals surface area contributed by atoms with Crippen molar-refractivity contribution in [3.63, 3.8) is 0 Å². The van der Waals surface area contributed by atoms with Gasteiger partial charge in [0.25, 0.3) is 0 Å². The first-order chi connectivity index (χ1) is 17.0. The van der Waals surface area contributed by atoms with Gasteiger partial charge in [-0.1, -0.05) is 42.5 Å². The molecular weight excluding hydrogens is 438 g/mol. The average molecular weight is 466 g/mol. The zero-order chi connectivity index (χ0) is 25.0. The fraction of sp³-hybridized carbons (Fsp3) is 0.321. The van der Waals surface area contributed by atoms with E-state index in [-0.39, 0.29) is 17.2 Å². The Morgan fingerprint density at radius 2 is 1.74 bits per heavy atom. The van der Waals surface area contributed by atoms with Crippen LogP contribution in [0.5, 0.6) is 11.5 Å². The minimum absolute atomic E-state index is 0.0185. The van der Waals surface area contributed by atoms with Gasteiger partial charge in [-0.15, -0.1) is 0 Å². The van der Waals surface area contributed by atoms with Gasteiger partial charge in [-0.2, -0.15) is 15.8 Å². The first-order valence-corrected chi connectivity index (χ1v) is 11.4. The second-order valence-electron chi connectivity index (χ2n) is 8.79. The maximum atomic E-state index is 10.3. The summed E-state index contributed by atoms with van der Waals surface area (Å²) in [5, 5.41) is 30.6. The Hall–Kier alpha value is -4.25. The van der Waals surface area contributed by atoms with Crippen LogP contribution >= 0.6 is 0 Å². The highest BCUT2D eigenvalue weighted by atomic mass is 16.5. The van der Waals surface area contributed by atoms with Crippen LogP contribution in [0, 0.1) is 45.3 Å². The smallest absolute Gasteiger partial charge is 0.191 e. The number of nitrogens with zero attached hydrogens (tertiary/aromatic N) is 4. The van der Waals surface area contributed by atoms with Crippen LogP contribution in [0.15, 0.2) is 71.5 Å². The summed E-state index contributed by atoms with van der Waals surface area (Å²) in [6, 6.07) is 22.2. The number of hydrogen-bond donors (Lipinski definition) is 1. The third-order valence-corrected chi connectivity index (χ3v) is 7.07. The van der Waals surface area contributed by atoms with Gasteiger partial charge in [-0.3, -0.25) is 4.90 Å². The molecule has 0 spiro atoms. The minimum Gasteiger partial charge on any atom is -0.493 e. The van der Waals surface area contributed by atoms with Crippen LogP contribution in [0.4, 0.5) is 0 Å². The monoisotopic (exact) mass is 465 g/mol. The van der Waals surface area contributed by atoms with Gasteiger partial charge in [0, 0.05) is 31.5 Å². The van der Waals surface area contributed by atoms with E-state index in [1.54, 1.807) is 26.4 Å². The molecule has 2 aromatic carbocycles. The molecule has 0 unspecified atom stereocenters. The molecule has 0 aromatic heterocycles. The molecular formula is C28H27N5O2. The van der Waals surface area contributed by atoms with Crippen LogP contribution in [0.3, 0.4) is 0 Å². The van der Waals surface area contributed by atoms with Crippen molar-refractivity contribution >= 4 is 0 Å². The Labute approximate surface area is 205 Å². The third kappa shape index (κ3) is 4.10. The second kappa shape index (κ2) is 9.94. The molecule has 0 saturated heterocycles. The quantitative estimate of drug-likeness (QED) is 0.691. The van der Waals surface area contributed by atoms with Gasteiger partial charge in [0.15, 0.2) is 16.9 Å². The van der Waals surface area contributed by atoms with E-state index in [9.17, 15) is 15.8 Å². The molecule has 2 N–H and O–H groups in total. The van der Waals surface area contributed by atoms with Crippen molar-refractivity contribution in [3.05, 3.63) is 82.6 Å². The Bertz CT molecular complexity index is 1280. The molecule has 0 bridgehead atoms. The summed E-state index contributed by atoms with van der Waals surface area (Å²) in [5.41, 5.74) is 7.80. The SMILES string of the molecule is COc1ccc([C@H]2[C@@H]3CN(CCc4ccccc4)CC=C3C(C#N)=C(N)C2(C#N)C#N)cc1OC. The van der Waals surface area contributed by atoms with E-state index in [1.807, 2.05) is 30.3 Å². The third-order valence-electron chi connectivity index (χ3n) is 7.07. The summed E-state index contributed by atoms with van der Waals surface area (Å²) in [6.45, 7) is 2.08. The van der Waals surface area contributed by atoms with Gasteiger partial charge in [0.1, 0.15) is 6.07 Å². The van der Waals surface area contributed by atoms with E-state index in [0.717, 1.165) is 24.1 Å². The lowest BCUT2D eigenvalue weighted by molar-refractivity contribution is 0.208. The predicted octanol–water partition coefficient (Wildman–Crippen LogP) is 3.67. The summed E-state index contributed by atoms with van der Waals surface area (Å²) in [5.74, 6) is 0.210. The number of nitriles is 3. The summed E-state index contributed by atoms with van der Waals surface area (Å²) in [6.07, 6.45) is 2.90. The molecule has 1 aliphatic carbocycles. The van der Waals surface area contributed by atoms with Crippen LogP contribution in [0.2, 0.25) is 0 Å². The summed E-state index contributed by atoms with van der Waals surface area (Å²) >= 11 is 0. The Balaban J connectivity index is 1.80. The molecule has 35 heavy (non-hydrogen) atoms. The summed E-state index contributed by atoms with van der Waals surface area (Å²) in [4.78, 5) is 2.30. The standard InChI is InChI=1S/C28H27N5O2/c1-34-24-9-8-20(14-25(24)35-2)26-23-16-33(12-10-19-6-4-3-5-7-19)13-11-21(23)22(15-29)27(32)28(26,17-30)18-31/h3-9,11,14,23,26H,10,12-13,16,32H2,1-2H3/t23-,26+/m1/s1. The number of allylic oxidation sites excluding steroid dienone is 2. The van der Waals surface area contributed by atoms with E-state index in [1.165, 1.54) is 5.56 Å². The molecule has 4 rings (SSSR count). The number of ether oxygens (including phenoxy) is 2.